The lowest BCUT2D eigenvalue weighted by molar-refractivity contribution is -0.0835. The fourth-order valence-electron chi connectivity index (χ4n) is 3.63. The summed E-state index contributed by atoms with van der Waals surface area (Å²) in [4.78, 5) is 0. The van der Waals surface area contributed by atoms with Crippen molar-refractivity contribution in [2.24, 2.45) is 5.92 Å². The van der Waals surface area contributed by atoms with Gasteiger partial charge in [0.1, 0.15) is 17.7 Å². The average Bonchev–Trinajstić information content (AvgIpc) is 2.62. The van der Waals surface area contributed by atoms with E-state index >= 15 is 0 Å². The Morgan fingerprint density at radius 2 is 1.96 bits per heavy atom. The Labute approximate surface area is 147 Å². The number of benzene rings is 2. The van der Waals surface area contributed by atoms with Crippen LogP contribution in [0.1, 0.15) is 24.5 Å². The Kier molecular flexibility index (Phi) is 4.18. The second-order valence-corrected chi connectivity index (χ2v) is 6.77. The van der Waals surface area contributed by atoms with Gasteiger partial charge in [0.05, 0.1) is 12.2 Å². The zero-order valence-corrected chi connectivity index (χ0v) is 14.2. The molecule has 3 atom stereocenters. The van der Waals surface area contributed by atoms with Gasteiger partial charge in [-0.05, 0) is 48.3 Å². The Balaban J connectivity index is 1.63. The summed E-state index contributed by atoms with van der Waals surface area (Å²) in [5.74, 6) is 0.598. The highest BCUT2D eigenvalue weighted by molar-refractivity contribution is 5.63. The summed E-state index contributed by atoms with van der Waals surface area (Å²) in [6.07, 6.45) is 8.73. The quantitative estimate of drug-likeness (QED) is 0.722. The molecule has 2 aliphatic rings. The van der Waals surface area contributed by atoms with Crippen LogP contribution >= 0.6 is 0 Å². The van der Waals surface area contributed by atoms with Gasteiger partial charge >= 0.3 is 0 Å². The Morgan fingerprint density at radius 3 is 2.80 bits per heavy atom. The molecular weight excluding hydrogens is 315 g/mol. The van der Waals surface area contributed by atoms with Crippen molar-refractivity contribution in [1.82, 2.24) is 0 Å². The van der Waals surface area contributed by atoms with Crippen LogP contribution in [0.25, 0.3) is 6.08 Å². The smallest absolute Gasteiger partial charge is 0.172 e. The van der Waals surface area contributed by atoms with E-state index in [2.05, 4.69) is 25.1 Å². The van der Waals surface area contributed by atoms with E-state index in [1.54, 1.807) is 6.07 Å². The minimum Gasteiger partial charge on any atom is -0.476 e. The molecule has 1 aliphatic carbocycles. The van der Waals surface area contributed by atoms with E-state index in [0.29, 0.717) is 23.8 Å². The molecule has 0 amide bonds. The molecule has 2 aromatic carbocycles. The first kappa shape index (κ1) is 16.1. The predicted octanol–water partition coefficient (Wildman–Crippen LogP) is 5.15. The van der Waals surface area contributed by atoms with E-state index in [4.69, 9.17) is 9.47 Å². The van der Waals surface area contributed by atoms with Gasteiger partial charge in [0.25, 0.3) is 0 Å². The molecule has 2 nitrogen and oxygen atoms in total. The molecule has 1 heterocycles. The lowest BCUT2D eigenvalue weighted by atomic mass is 9.79. The van der Waals surface area contributed by atoms with E-state index < -0.39 is 5.60 Å². The normalized spacial score (nSPS) is 27.1. The van der Waals surface area contributed by atoms with Crippen molar-refractivity contribution in [1.29, 1.82) is 0 Å². The first-order chi connectivity index (χ1) is 12.2. The van der Waals surface area contributed by atoms with E-state index in [1.165, 1.54) is 6.07 Å². The van der Waals surface area contributed by atoms with Crippen molar-refractivity contribution in [2.75, 3.05) is 0 Å². The van der Waals surface area contributed by atoms with Crippen LogP contribution in [0.15, 0.2) is 66.8 Å². The molecule has 0 unspecified atom stereocenters. The van der Waals surface area contributed by atoms with Gasteiger partial charge in [0, 0.05) is 0 Å². The zero-order chi connectivity index (χ0) is 17.3. The second kappa shape index (κ2) is 6.49. The van der Waals surface area contributed by atoms with Gasteiger partial charge in [0.2, 0.25) is 0 Å². The first-order valence-corrected chi connectivity index (χ1v) is 8.68. The molecule has 128 valence electrons. The molecular formula is C22H21FO2. The standard InChI is InChI=1S/C22H21FO2/c1-16-7-6-13-22(21(16)24-15-17-8-3-2-4-9-17)14-12-18-19(23)10-5-11-20(18)25-22/h2-6,8-14,16,21H,7,15H2,1H3/t16-,21-,22-/m0/s1. The van der Waals surface area contributed by atoms with E-state index in [1.807, 2.05) is 42.5 Å². The maximum atomic E-state index is 14.0. The van der Waals surface area contributed by atoms with Crippen molar-refractivity contribution in [2.45, 2.75) is 31.7 Å². The third kappa shape index (κ3) is 3.00. The minimum absolute atomic E-state index is 0.134. The Bertz CT molecular complexity index is 812. The third-order valence-electron chi connectivity index (χ3n) is 4.93. The van der Waals surface area contributed by atoms with Crippen molar-refractivity contribution in [3.05, 3.63) is 83.7 Å². The van der Waals surface area contributed by atoms with Crippen molar-refractivity contribution in [3.63, 3.8) is 0 Å². The maximum Gasteiger partial charge on any atom is 0.172 e. The summed E-state index contributed by atoms with van der Waals surface area (Å²) >= 11 is 0. The van der Waals surface area contributed by atoms with Gasteiger partial charge in [-0.15, -0.1) is 0 Å². The van der Waals surface area contributed by atoms with E-state index in [-0.39, 0.29) is 11.9 Å². The van der Waals surface area contributed by atoms with Crippen LogP contribution in [0, 0.1) is 11.7 Å². The van der Waals surface area contributed by atoms with Crippen molar-refractivity contribution in [3.8, 4) is 5.75 Å². The number of halogens is 1. The number of ether oxygens (including phenoxy) is 2. The van der Waals surface area contributed by atoms with Crippen molar-refractivity contribution < 1.29 is 13.9 Å². The molecule has 25 heavy (non-hydrogen) atoms. The minimum atomic E-state index is -0.687. The molecule has 3 heteroatoms. The summed E-state index contributed by atoms with van der Waals surface area (Å²) in [5, 5.41) is 0. The van der Waals surface area contributed by atoms with Crippen molar-refractivity contribution >= 4 is 6.08 Å². The topological polar surface area (TPSA) is 18.5 Å². The Morgan fingerprint density at radius 1 is 1.12 bits per heavy atom. The van der Waals surface area contributed by atoms with Gasteiger partial charge in [0.15, 0.2) is 5.60 Å². The van der Waals surface area contributed by atoms with Crippen LogP contribution in [0.2, 0.25) is 0 Å². The lowest BCUT2D eigenvalue weighted by Gasteiger charge is -2.43. The fourth-order valence-corrected chi connectivity index (χ4v) is 3.63. The molecule has 0 saturated heterocycles. The highest BCUT2D eigenvalue weighted by Gasteiger charge is 2.44. The highest BCUT2D eigenvalue weighted by Crippen LogP contribution is 2.41. The van der Waals surface area contributed by atoms with Gasteiger partial charge in [-0.25, -0.2) is 4.39 Å². The van der Waals surface area contributed by atoms with Gasteiger partial charge < -0.3 is 9.47 Å². The molecule has 0 fully saturated rings. The molecule has 4 rings (SSSR count). The number of fused-ring (bicyclic) bond motifs is 1. The molecule has 1 aliphatic heterocycles. The summed E-state index contributed by atoms with van der Waals surface area (Å²) < 4.78 is 26.6. The van der Waals surface area contributed by atoms with Gasteiger partial charge in [-0.3, -0.25) is 0 Å². The average molecular weight is 336 g/mol. The SMILES string of the molecule is C[C@H]1CC=C[C@]2(C=Cc3c(F)cccc3O2)[C@H]1OCc1ccccc1. The largest absolute Gasteiger partial charge is 0.476 e. The van der Waals surface area contributed by atoms with E-state index in [0.717, 1.165) is 12.0 Å². The number of hydrogen-bond acceptors (Lipinski definition) is 2. The summed E-state index contributed by atoms with van der Waals surface area (Å²) in [6.45, 7) is 2.69. The third-order valence-corrected chi connectivity index (χ3v) is 4.93. The lowest BCUT2D eigenvalue weighted by Crippen LogP contribution is -2.51. The molecule has 0 radical (unpaired) electrons. The summed E-state index contributed by atoms with van der Waals surface area (Å²) in [7, 11) is 0. The van der Waals surface area contributed by atoms with Crippen LogP contribution in [0.5, 0.6) is 5.75 Å². The highest BCUT2D eigenvalue weighted by atomic mass is 19.1. The molecule has 0 aromatic heterocycles. The zero-order valence-electron chi connectivity index (χ0n) is 14.2. The molecule has 0 saturated carbocycles. The van der Waals surface area contributed by atoms with Crippen LogP contribution in [-0.2, 0) is 11.3 Å². The van der Waals surface area contributed by atoms with Crippen LogP contribution < -0.4 is 4.74 Å². The summed E-state index contributed by atoms with van der Waals surface area (Å²) in [5.41, 5.74) is 0.944. The van der Waals surface area contributed by atoms with Gasteiger partial charge in [-0.2, -0.15) is 0 Å². The molecule has 2 aromatic rings. The fraction of sp³-hybridized carbons (Fsp3) is 0.273. The monoisotopic (exact) mass is 336 g/mol. The number of allylic oxidation sites excluding steroid dienone is 1. The second-order valence-electron chi connectivity index (χ2n) is 6.77. The predicted molar refractivity (Wildman–Crippen MR) is 96.7 cm³/mol. The summed E-state index contributed by atoms with van der Waals surface area (Å²) in [6, 6.07) is 15.1. The molecule has 0 N–H and O–H groups in total. The molecule has 0 bridgehead atoms. The molecule has 1 spiro atoms. The number of rotatable bonds is 3. The van der Waals surface area contributed by atoms with E-state index in [9.17, 15) is 4.39 Å². The van der Waals surface area contributed by atoms with Crippen LogP contribution in [0.3, 0.4) is 0 Å². The van der Waals surface area contributed by atoms with Crippen LogP contribution in [-0.4, -0.2) is 11.7 Å². The first-order valence-electron chi connectivity index (χ1n) is 8.68. The Hall–Kier alpha value is -2.39. The van der Waals surface area contributed by atoms with Crippen LogP contribution in [0.4, 0.5) is 4.39 Å². The maximum absolute atomic E-state index is 14.0. The number of hydrogen-bond donors (Lipinski definition) is 0. The van der Waals surface area contributed by atoms with Gasteiger partial charge in [-0.1, -0.05) is 49.4 Å².